The molecule has 0 heterocycles. The van der Waals surface area contributed by atoms with E-state index in [-0.39, 0.29) is 16.1 Å². The van der Waals surface area contributed by atoms with Gasteiger partial charge in [0.25, 0.3) is 15.9 Å². The maximum atomic E-state index is 13.8. The molecule has 0 atom stereocenters. The fourth-order valence-electron chi connectivity index (χ4n) is 2.59. The van der Waals surface area contributed by atoms with Crippen LogP contribution in [0.1, 0.15) is 17.3 Å². The minimum absolute atomic E-state index is 0.142. The molecule has 0 saturated heterocycles. The van der Waals surface area contributed by atoms with E-state index in [0.29, 0.717) is 18.0 Å². The maximum Gasteiger partial charge on any atom is 0.262 e. The van der Waals surface area contributed by atoms with Gasteiger partial charge in [-0.15, -0.1) is 0 Å². The largest absolute Gasteiger partial charge is 0.494 e. The number of halogens is 1. The summed E-state index contributed by atoms with van der Waals surface area (Å²) in [6.07, 6.45) is 0. The molecule has 2 N–H and O–H groups in total. The Hall–Kier alpha value is -3.39. The normalized spacial score (nSPS) is 11.0. The van der Waals surface area contributed by atoms with E-state index >= 15 is 0 Å². The van der Waals surface area contributed by atoms with E-state index in [4.69, 9.17) is 4.74 Å². The number of carbonyl (C=O) groups excluding carboxylic acids is 1. The first-order valence-electron chi connectivity index (χ1n) is 8.80. The topological polar surface area (TPSA) is 84.5 Å². The molecule has 0 aliphatic carbocycles. The maximum absolute atomic E-state index is 13.8. The third-order valence-electron chi connectivity index (χ3n) is 3.93. The Bertz CT molecular complexity index is 1130. The summed E-state index contributed by atoms with van der Waals surface area (Å²) in [5, 5.41) is 2.70. The lowest BCUT2D eigenvalue weighted by atomic mass is 10.2. The van der Waals surface area contributed by atoms with Crippen molar-refractivity contribution in [3.05, 3.63) is 84.2 Å². The zero-order valence-corrected chi connectivity index (χ0v) is 16.4. The van der Waals surface area contributed by atoms with Crippen molar-refractivity contribution >= 4 is 27.3 Å². The minimum atomic E-state index is -4.07. The number of carbonyl (C=O) groups is 1. The van der Waals surface area contributed by atoms with Gasteiger partial charge in [0.2, 0.25) is 0 Å². The first-order chi connectivity index (χ1) is 13.9. The number of amides is 1. The van der Waals surface area contributed by atoms with Crippen LogP contribution in [0.5, 0.6) is 5.75 Å². The third kappa shape index (κ3) is 5.11. The van der Waals surface area contributed by atoms with Crippen molar-refractivity contribution in [1.29, 1.82) is 0 Å². The Morgan fingerprint density at radius 3 is 2.52 bits per heavy atom. The van der Waals surface area contributed by atoms with Gasteiger partial charge in [-0.25, -0.2) is 12.8 Å². The van der Waals surface area contributed by atoms with Gasteiger partial charge in [-0.3, -0.25) is 9.52 Å². The summed E-state index contributed by atoms with van der Waals surface area (Å²) in [6, 6.07) is 17.8. The highest BCUT2D eigenvalue weighted by atomic mass is 32.2. The van der Waals surface area contributed by atoms with Crippen LogP contribution < -0.4 is 14.8 Å². The SMILES string of the molecule is CCOc1cccc(NC(=O)c2cccc(S(=O)(=O)Nc3ccccc3F)c2)c1. The number of anilines is 2. The molecular formula is C21H19FN2O4S. The standard InChI is InChI=1S/C21H19FN2O4S/c1-2-28-17-9-6-8-16(14-17)23-21(25)15-7-5-10-18(13-15)29(26,27)24-20-12-4-3-11-19(20)22/h3-14,24H,2H2,1H3,(H,23,25). The Labute approximate surface area is 168 Å². The molecule has 0 bridgehead atoms. The second-order valence-corrected chi connectivity index (χ2v) is 7.71. The zero-order valence-electron chi connectivity index (χ0n) is 15.6. The fourth-order valence-corrected chi connectivity index (χ4v) is 3.70. The number of sulfonamides is 1. The van der Waals surface area contributed by atoms with Gasteiger partial charge in [0, 0.05) is 17.3 Å². The number of hydrogen-bond donors (Lipinski definition) is 2. The molecule has 8 heteroatoms. The minimum Gasteiger partial charge on any atom is -0.494 e. The lowest BCUT2D eigenvalue weighted by molar-refractivity contribution is 0.102. The molecule has 0 unspecified atom stereocenters. The summed E-state index contributed by atoms with van der Waals surface area (Å²) >= 11 is 0. The van der Waals surface area contributed by atoms with Crippen molar-refractivity contribution in [2.45, 2.75) is 11.8 Å². The van der Waals surface area contributed by atoms with Crippen LogP contribution >= 0.6 is 0 Å². The summed E-state index contributed by atoms with van der Waals surface area (Å²) in [5.74, 6) is -0.573. The Kier molecular flexibility index (Phi) is 6.13. The van der Waals surface area contributed by atoms with Gasteiger partial charge in [0.15, 0.2) is 0 Å². The molecule has 3 aromatic carbocycles. The van der Waals surface area contributed by atoms with E-state index in [2.05, 4.69) is 10.0 Å². The van der Waals surface area contributed by atoms with Crippen molar-refractivity contribution in [2.75, 3.05) is 16.6 Å². The number of ether oxygens (including phenoxy) is 1. The number of nitrogens with one attached hydrogen (secondary N) is 2. The molecule has 0 aliphatic rings. The molecule has 3 rings (SSSR count). The van der Waals surface area contributed by atoms with Crippen molar-refractivity contribution in [3.63, 3.8) is 0 Å². The van der Waals surface area contributed by atoms with Gasteiger partial charge in [-0.05, 0) is 49.4 Å². The second-order valence-electron chi connectivity index (χ2n) is 6.03. The van der Waals surface area contributed by atoms with E-state index in [0.717, 1.165) is 6.07 Å². The number of rotatable bonds is 7. The molecule has 0 saturated carbocycles. The molecule has 6 nitrogen and oxygen atoms in total. The molecule has 0 radical (unpaired) electrons. The third-order valence-corrected chi connectivity index (χ3v) is 5.29. The lowest BCUT2D eigenvalue weighted by Crippen LogP contribution is -2.16. The highest BCUT2D eigenvalue weighted by Crippen LogP contribution is 2.21. The Balaban J connectivity index is 1.80. The van der Waals surface area contributed by atoms with Gasteiger partial charge in [-0.2, -0.15) is 0 Å². The first-order valence-corrected chi connectivity index (χ1v) is 10.3. The van der Waals surface area contributed by atoms with Crippen LogP contribution in [0.3, 0.4) is 0 Å². The number of para-hydroxylation sites is 1. The average Bonchev–Trinajstić information content (AvgIpc) is 2.70. The van der Waals surface area contributed by atoms with Crippen LogP contribution in [0.2, 0.25) is 0 Å². The van der Waals surface area contributed by atoms with Gasteiger partial charge >= 0.3 is 0 Å². The molecule has 0 aromatic heterocycles. The smallest absolute Gasteiger partial charge is 0.262 e. The summed E-state index contributed by atoms with van der Waals surface area (Å²) < 4.78 is 46.5. The highest BCUT2D eigenvalue weighted by Gasteiger charge is 2.18. The van der Waals surface area contributed by atoms with Crippen molar-refractivity contribution in [1.82, 2.24) is 0 Å². The number of hydrogen-bond acceptors (Lipinski definition) is 4. The van der Waals surface area contributed by atoms with Crippen LogP contribution in [0.4, 0.5) is 15.8 Å². The zero-order chi connectivity index (χ0) is 20.9. The van der Waals surface area contributed by atoms with E-state index < -0.39 is 21.7 Å². The van der Waals surface area contributed by atoms with Crippen molar-refractivity contribution in [2.24, 2.45) is 0 Å². The number of benzene rings is 3. The van der Waals surface area contributed by atoms with Crippen LogP contribution in [0.25, 0.3) is 0 Å². The van der Waals surface area contributed by atoms with Gasteiger partial charge < -0.3 is 10.1 Å². The fraction of sp³-hybridized carbons (Fsp3) is 0.0952. The molecule has 0 spiro atoms. The Morgan fingerprint density at radius 2 is 1.76 bits per heavy atom. The van der Waals surface area contributed by atoms with Crippen LogP contribution in [-0.2, 0) is 10.0 Å². The van der Waals surface area contributed by atoms with E-state index in [9.17, 15) is 17.6 Å². The van der Waals surface area contributed by atoms with E-state index in [1.807, 2.05) is 6.92 Å². The first kappa shape index (κ1) is 20.3. The second kappa shape index (κ2) is 8.74. The average molecular weight is 414 g/mol. The molecule has 29 heavy (non-hydrogen) atoms. The summed E-state index contributed by atoms with van der Waals surface area (Å²) in [5.41, 5.74) is 0.483. The predicted molar refractivity (Wildman–Crippen MR) is 109 cm³/mol. The van der Waals surface area contributed by atoms with Gasteiger partial charge in [0.05, 0.1) is 17.2 Å². The highest BCUT2D eigenvalue weighted by molar-refractivity contribution is 7.92. The molecule has 3 aromatic rings. The monoisotopic (exact) mass is 414 g/mol. The van der Waals surface area contributed by atoms with Crippen LogP contribution in [0, 0.1) is 5.82 Å². The predicted octanol–water partition coefficient (Wildman–Crippen LogP) is 4.28. The van der Waals surface area contributed by atoms with Crippen LogP contribution in [0.15, 0.2) is 77.7 Å². The molecule has 0 fully saturated rings. The lowest BCUT2D eigenvalue weighted by Gasteiger charge is -2.11. The quantitative estimate of drug-likeness (QED) is 0.604. The molecule has 1 amide bonds. The summed E-state index contributed by atoms with van der Waals surface area (Å²) in [6.45, 7) is 2.35. The molecule has 150 valence electrons. The Morgan fingerprint density at radius 1 is 1.00 bits per heavy atom. The molecular weight excluding hydrogens is 395 g/mol. The van der Waals surface area contributed by atoms with E-state index in [1.165, 1.54) is 42.5 Å². The summed E-state index contributed by atoms with van der Waals surface area (Å²) in [7, 11) is -4.07. The van der Waals surface area contributed by atoms with Crippen molar-refractivity contribution in [3.8, 4) is 5.75 Å². The van der Waals surface area contributed by atoms with Crippen LogP contribution in [-0.4, -0.2) is 20.9 Å². The summed E-state index contributed by atoms with van der Waals surface area (Å²) in [4.78, 5) is 12.4. The van der Waals surface area contributed by atoms with Gasteiger partial charge in [-0.1, -0.05) is 24.3 Å². The van der Waals surface area contributed by atoms with Crippen molar-refractivity contribution < 1.29 is 22.3 Å². The molecule has 0 aliphatic heterocycles. The van der Waals surface area contributed by atoms with Gasteiger partial charge in [0.1, 0.15) is 11.6 Å². The van der Waals surface area contributed by atoms with E-state index in [1.54, 1.807) is 24.3 Å².